The smallest absolute Gasteiger partial charge is 0.219 e. The number of allylic oxidation sites excluding steroid dienone is 3. The summed E-state index contributed by atoms with van der Waals surface area (Å²) in [6, 6.07) is 20.4. The molecule has 0 fully saturated rings. The highest BCUT2D eigenvalue weighted by atomic mass is 32.2. The van der Waals surface area contributed by atoms with Crippen LogP contribution in [0.5, 0.6) is 0 Å². The van der Waals surface area contributed by atoms with Gasteiger partial charge in [-0.2, -0.15) is 5.26 Å². The van der Waals surface area contributed by atoms with E-state index >= 15 is 0 Å². The zero-order valence-corrected chi connectivity index (χ0v) is 22.1. The van der Waals surface area contributed by atoms with Crippen molar-refractivity contribution in [2.75, 3.05) is 4.90 Å². The highest BCUT2D eigenvalue weighted by molar-refractivity contribution is 8.00. The molecule has 5 rings (SSSR count). The Balaban J connectivity index is 1.59. The summed E-state index contributed by atoms with van der Waals surface area (Å²) in [5, 5.41) is 19.7. The van der Waals surface area contributed by atoms with E-state index in [4.69, 9.17) is 5.73 Å². The fraction of sp³-hybridized carbons (Fsp3) is 0.286. The van der Waals surface area contributed by atoms with E-state index in [1.54, 1.807) is 11.8 Å². The van der Waals surface area contributed by atoms with Gasteiger partial charge in [0.1, 0.15) is 5.82 Å². The van der Waals surface area contributed by atoms with Gasteiger partial charge in [-0.25, -0.2) is 0 Å². The molecule has 1 unspecified atom stereocenters. The summed E-state index contributed by atoms with van der Waals surface area (Å²) in [6.07, 6.45) is 1.08. The number of aryl methyl sites for hydroxylation is 1. The number of benzene rings is 2. The Morgan fingerprint density at radius 3 is 2.58 bits per heavy atom. The van der Waals surface area contributed by atoms with Crippen molar-refractivity contribution < 1.29 is 4.79 Å². The molecule has 2 aliphatic rings. The van der Waals surface area contributed by atoms with Crippen LogP contribution in [0.25, 0.3) is 0 Å². The molecule has 0 spiro atoms. The van der Waals surface area contributed by atoms with E-state index in [9.17, 15) is 10.1 Å². The third kappa shape index (κ3) is 4.45. The summed E-state index contributed by atoms with van der Waals surface area (Å²) in [5.41, 5.74) is 11.5. The SMILES string of the molecule is Cc1ccccc1C1C(C#N)=C(N)N(c2nnc(SCc3ccccc3)s2)C2=C1C(=O)CC(C)(C)C2. The third-order valence-corrected chi connectivity index (χ3v) is 8.79. The Morgan fingerprint density at radius 1 is 1.14 bits per heavy atom. The molecule has 182 valence electrons. The molecule has 36 heavy (non-hydrogen) atoms. The van der Waals surface area contributed by atoms with Crippen LogP contribution in [0.3, 0.4) is 0 Å². The maximum absolute atomic E-state index is 13.7. The average molecular weight is 514 g/mol. The van der Waals surface area contributed by atoms with Crippen LogP contribution in [0.2, 0.25) is 0 Å². The second kappa shape index (κ2) is 9.57. The zero-order valence-electron chi connectivity index (χ0n) is 20.5. The van der Waals surface area contributed by atoms with E-state index in [0.717, 1.165) is 26.9 Å². The Bertz CT molecular complexity index is 1430. The Labute approximate surface area is 219 Å². The van der Waals surface area contributed by atoms with Crippen LogP contribution in [0.1, 0.15) is 49.3 Å². The predicted octanol–water partition coefficient (Wildman–Crippen LogP) is 6.08. The molecule has 0 saturated heterocycles. The second-order valence-corrected chi connectivity index (χ2v) is 12.1. The zero-order chi connectivity index (χ0) is 25.4. The molecule has 0 radical (unpaired) electrons. The lowest BCUT2D eigenvalue weighted by atomic mass is 9.68. The number of rotatable bonds is 5. The van der Waals surface area contributed by atoms with Crippen molar-refractivity contribution >= 4 is 34.0 Å². The summed E-state index contributed by atoms with van der Waals surface area (Å²) in [6.45, 7) is 6.19. The van der Waals surface area contributed by atoms with Crippen LogP contribution in [-0.4, -0.2) is 16.0 Å². The molecule has 0 amide bonds. The first-order valence-electron chi connectivity index (χ1n) is 11.8. The number of carbonyl (C=O) groups is 1. The summed E-state index contributed by atoms with van der Waals surface area (Å²) in [7, 11) is 0. The minimum Gasteiger partial charge on any atom is -0.384 e. The monoisotopic (exact) mass is 513 g/mol. The van der Waals surface area contributed by atoms with E-state index in [2.05, 4.69) is 42.2 Å². The van der Waals surface area contributed by atoms with Crippen molar-refractivity contribution in [1.29, 1.82) is 5.26 Å². The summed E-state index contributed by atoms with van der Waals surface area (Å²) in [4.78, 5) is 15.5. The molecular formula is C28H27N5OS2. The number of nitriles is 1. The van der Waals surface area contributed by atoms with E-state index < -0.39 is 5.92 Å². The molecule has 1 aliphatic carbocycles. The van der Waals surface area contributed by atoms with Gasteiger partial charge >= 0.3 is 0 Å². The van der Waals surface area contributed by atoms with Crippen molar-refractivity contribution in [3.05, 3.63) is 94.0 Å². The van der Waals surface area contributed by atoms with Gasteiger partial charge in [-0.3, -0.25) is 9.69 Å². The number of thioether (sulfide) groups is 1. The number of carbonyl (C=O) groups excluding carboxylic acids is 1. The molecular weight excluding hydrogens is 486 g/mol. The molecule has 2 aromatic carbocycles. The van der Waals surface area contributed by atoms with Gasteiger partial charge in [0.15, 0.2) is 10.1 Å². The fourth-order valence-electron chi connectivity index (χ4n) is 5.02. The van der Waals surface area contributed by atoms with Crippen molar-refractivity contribution in [1.82, 2.24) is 10.2 Å². The van der Waals surface area contributed by atoms with E-state index in [0.29, 0.717) is 34.9 Å². The number of ketones is 1. The minimum atomic E-state index is -0.481. The van der Waals surface area contributed by atoms with Crippen LogP contribution < -0.4 is 10.6 Å². The van der Waals surface area contributed by atoms with Gasteiger partial charge in [-0.05, 0) is 35.4 Å². The van der Waals surface area contributed by atoms with Gasteiger partial charge in [0.25, 0.3) is 0 Å². The van der Waals surface area contributed by atoms with E-state index in [-0.39, 0.29) is 11.2 Å². The van der Waals surface area contributed by atoms with Crippen LogP contribution in [0.4, 0.5) is 5.13 Å². The van der Waals surface area contributed by atoms with Crippen LogP contribution in [0.15, 0.2) is 81.6 Å². The van der Waals surface area contributed by atoms with Crippen LogP contribution >= 0.6 is 23.1 Å². The van der Waals surface area contributed by atoms with Gasteiger partial charge in [0.2, 0.25) is 5.13 Å². The van der Waals surface area contributed by atoms with Gasteiger partial charge in [0.05, 0.1) is 17.6 Å². The first-order valence-corrected chi connectivity index (χ1v) is 13.6. The lowest BCUT2D eigenvalue weighted by molar-refractivity contribution is -0.118. The quantitative estimate of drug-likeness (QED) is 0.413. The van der Waals surface area contributed by atoms with Crippen LogP contribution in [0, 0.1) is 23.7 Å². The summed E-state index contributed by atoms with van der Waals surface area (Å²) in [5.74, 6) is 0.679. The summed E-state index contributed by atoms with van der Waals surface area (Å²) >= 11 is 3.04. The fourth-order valence-corrected chi connectivity index (χ4v) is 6.86. The molecule has 2 heterocycles. The molecule has 1 aromatic heterocycles. The topological polar surface area (TPSA) is 95.9 Å². The highest BCUT2D eigenvalue weighted by Crippen LogP contribution is 2.51. The maximum Gasteiger partial charge on any atom is 0.219 e. The van der Waals surface area contributed by atoms with Crippen molar-refractivity contribution in [2.24, 2.45) is 11.1 Å². The van der Waals surface area contributed by atoms with Crippen molar-refractivity contribution in [2.45, 2.75) is 49.6 Å². The molecule has 6 nitrogen and oxygen atoms in total. The molecule has 1 aliphatic heterocycles. The highest BCUT2D eigenvalue weighted by Gasteiger charge is 2.45. The number of aromatic nitrogens is 2. The van der Waals surface area contributed by atoms with E-state index in [1.807, 2.05) is 54.3 Å². The van der Waals surface area contributed by atoms with Gasteiger partial charge in [-0.15, -0.1) is 10.2 Å². The van der Waals surface area contributed by atoms with Gasteiger partial charge < -0.3 is 5.73 Å². The number of anilines is 1. The molecule has 0 saturated carbocycles. The maximum atomic E-state index is 13.7. The lowest BCUT2D eigenvalue weighted by Gasteiger charge is -2.42. The average Bonchev–Trinajstić information content (AvgIpc) is 3.31. The minimum absolute atomic E-state index is 0.0583. The largest absolute Gasteiger partial charge is 0.384 e. The first kappa shape index (κ1) is 24.3. The number of Topliss-reactive ketones (excluding diaryl/α,β-unsaturated/α-hetero) is 1. The molecule has 2 N–H and O–H groups in total. The van der Waals surface area contributed by atoms with Gasteiger partial charge in [0, 0.05) is 23.4 Å². The first-order chi connectivity index (χ1) is 17.3. The number of hydrogen-bond acceptors (Lipinski definition) is 8. The Hall–Kier alpha value is -3.41. The normalized spacial score (nSPS) is 19.3. The summed E-state index contributed by atoms with van der Waals surface area (Å²) < 4.78 is 0.810. The van der Waals surface area contributed by atoms with Gasteiger partial charge in [-0.1, -0.05) is 91.5 Å². The Kier molecular flexibility index (Phi) is 6.45. The van der Waals surface area contributed by atoms with Crippen LogP contribution in [-0.2, 0) is 10.5 Å². The lowest BCUT2D eigenvalue weighted by Crippen LogP contribution is -2.42. The standard InChI is InChI=1S/C28H27N5OS2/c1-17-9-7-8-12-19(17)23-20(15-29)25(30)33(21-13-28(2,3)14-22(34)24(21)23)26-31-32-27(36-26)35-16-18-10-5-4-6-11-18/h4-12,23H,13-14,16,30H2,1-3H3. The predicted molar refractivity (Wildman–Crippen MR) is 144 cm³/mol. The van der Waals surface area contributed by atoms with E-state index in [1.165, 1.54) is 16.9 Å². The molecule has 8 heteroatoms. The molecule has 3 aromatic rings. The number of nitrogens with zero attached hydrogens (tertiary/aromatic N) is 4. The molecule has 0 bridgehead atoms. The Morgan fingerprint density at radius 2 is 1.86 bits per heavy atom. The second-order valence-electron chi connectivity index (χ2n) is 9.96. The van der Waals surface area contributed by atoms with Crippen molar-refractivity contribution in [3.63, 3.8) is 0 Å². The molecule has 1 atom stereocenters. The third-order valence-electron chi connectivity index (χ3n) is 6.67. The number of hydrogen-bond donors (Lipinski definition) is 1. The van der Waals surface area contributed by atoms with Crippen molar-refractivity contribution in [3.8, 4) is 6.07 Å². The number of nitrogens with two attached hydrogens (primary N) is 1.